The first-order valence-electron chi connectivity index (χ1n) is 9.17. The number of hydrogen-bond acceptors (Lipinski definition) is 8. The van der Waals surface area contributed by atoms with Gasteiger partial charge in [-0.15, -0.1) is 12.4 Å². The normalized spacial score (nSPS) is 19.4. The number of rotatable bonds is 3. The third-order valence-corrected chi connectivity index (χ3v) is 4.38. The van der Waals surface area contributed by atoms with Gasteiger partial charge in [-0.1, -0.05) is 11.6 Å². The zero-order chi connectivity index (χ0) is 21.8. The number of aliphatic imine (C=N–C) groups is 1. The van der Waals surface area contributed by atoms with Gasteiger partial charge in [-0.3, -0.25) is 10.1 Å². The molecule has 1 aromatic rings. The highest BCUT2D eigenvalue weighted by molar-refractivity contribution is 6.31. The van der Waals surface area contributed by atoms with Crippen molar-refractivity contribution >= 4 is 53.6 Å². The van der Waals surface area contributed by atoms with Crippen molar-refractivity contribution in [2.45, 2.75) is 64.1 Å². The van der Waals surface area contributed by atoms with Gasteiger partial charge in [-0.25, -0.2) is 19.8 Å². The molecule has 0 aromatic carbocycles. The van der Waals surface area contributed by atoms with Gasteiger partial charge in [0.25, 0.3) is 5.91 Å². The second-order valence-electron chi connectivity index (χ2n) is 7.75. The average molecular weight is 463 g/mol. The van der Waals surface area contributed by atoms with E-state index in [9.17, 15) is 9.59 Å². The van der Waals surface area contributed by atoms with Crippen LogP contribution in [-0.2, 0) is 4.74 Å². The fourth-order valence-electron chi connectivity index (χ4n) is 2.84. The summed E-state index contributed by atoms with van der Waals surface area (Å²) in [7, 11) is 0. The molecule has 30 heavy (non-hydrogen) atoms. The number of nitrogens with two attached hydrogens (primary N) is 3. The number of carbonyl (C=O) groups is 2. The van der Waals surface area contributed by atoms with E-state index in [1.165, 1.54) is 0 Å². The molecule has 1 fully saturated rings. The molecule has 1 saturated carbocycles. The molecule has 13 heteroatoms. The number of nitrogens with zero attached hydrogens (tertiary/aromatic N) is 3. The van der Waals surface area contributed by atoms with E-state index in [2.05, 4.69) is 25.6 Å². The van der Waals surface area contributed by atoms with Crippen LogP contribution in [0.25, 0.3) is 0 Å². The van der Waals surface area contributed by atoms with Crippen LogP contribution in [0.5, 0.6) is 0 Å². The van der Waals surface area contributed by atoms with E-state index < -0.39 is 17.6 Å². The SMILES string of the molecule is CC(C)(C)OC(=O)NC1CCC(N=C(N)NC(=O)c2nc(Cl)c(N)nc2N)CC1.Cl. The van der Waals surface area contributed by atoms with E-state index in [-0.39, 0.29) is 52.9 Å². The van der Waals surface area contributed by atoms with Crippen LogP contribution in [0.4, 0.5) is 16.4 Å². The standard InChI is InChI=1S/C17H27ClN8O3.ClH/c1-17(2,3)29-16(28)23-9-6-4-8(5-7-9)22-15(21)26-14(27)10-12(19)25-13(20)11(18)24-10;/h8-9H,4-7H2,1-3H3,(H,23,28)(H4,19,20,25)(H3,21,22,26,27);1H. The Morgan fingerprint density at radius 1 is 1.13 bits per heavy atom. The number of nitrogens with one attached hydrogen (secondary N) is 2. The summed E-state index contributed by atoms with van der Waals surface area (Å²) in [5.74, 6) is -0.976. The molecule has 0 spiro atoms. The van der Waals surface area contributed by atoms with E-state index in [4.69, 9.17) is 33.5 Å². The van der Waals surface area contributed by atoms with Crippen molar-refractivity contribution in [3.63, 3.8) is 0 Å². The van der Waals surface area contributed by atoms with E-state index >= 15 is 0 Å². The van der Waals surface area contributed by atoms with Gasteiger partial charge in [0.05, 0.1) is 6.04 Å². The molecular formula is C17H28Cl2N8O3. The first-order chi connectivity index (χ1) is 13.4. The van der Waals surface area contributed by atoms with Crippen molar-refractivity contribution in [1.82, 2.24) is 20.6 Å². The molecule has 1 aromatic heterocycles. The minimum Gasteiger partial charge on any atom is -0.444 e. The summed E-state index contributed by atoms with van der Waals surface area (Å²) in [6.45, 7) is 5.44. The Hall–Kier alpha value is -2.53. The maximum Gasteiger partial charge on any atom is 0.407 e. The number of aromatic nitrogens is 2. The molecular weight excluding hydrogens is 435 g/mol. The van der Waals surface area contributed by atoms with Gasteiger partial charge in [0, 0.05) is 6.04 Å². The number of halogens is 2. The number of anilines is 2. The van der Waals surface area contributed by atoms with Crippen LogP contribution >= 0.6 is 24.0 Å². The lowest BCUT2D eigenvalue weighted by Gasteiger charge is -2.28. The number of hydrogen-bond donors (Lipinski definition) is 5. The first-order valence-corrected chi connectivity index (χ1v) is 9.55. The summed E-state index contributed by atoms with van der Waals surface area (Å²) in [6, 6.07) is -0.0652. The Morgan fingerprint density at radius 3 is 2.30 bits per heavy atom. The van der Waals surface area contributed by atoms with E-state index in [0.29, 0.717) is 12.8 Å². The van der Waals surface area contributed by atoms with Gasteiger partial charge in [0.2, 0.25) is 0 Å². The van der Waals surface area contributed by atoms with E-state index in [1.54, 1.807) is 0 Å². The van der Waals surface area contributed by atoms with Crippen molar-refractivity contribution < 1.29 is 14.3 Å². The van der Waals surface area contributed by atoms with Gasteiger partial charge in [0.1, 0.15) is 5.60 Å². The van der Waals surface area contributed by atoms with Crippen LogP contribution in [0.2, 0.25) is 5.15 Å². The first kappa shape index (κ1) is 25.5. The number of carbonyl (C=O) groups excluding carboxylic acids is 2. The zero-order valence-electron chi connectivity index (χ0n) is 17.1. The van der Waals surface area contributed by atoms with Gasteiger partial charge in [-0.2, -0.15) is 0 Å². The number of alkyl carbamates (subject to hydrolysis) is 1. The Labute approximate surface area is 186 Å². The summed E-state index contributed by atoms with van der Waals surface area (Å²) < 4.78 is 5.26. The third-order valence-electron chi connectivity index (χ3n) is 4.10. The van der Waals surface area contributed by atoms with Gasteiger partial charge < -0.3 is 27.3 Å². The summed E-state index contributed by atoms with van der Waals surface area (Å²) in [4.78, 5) is 36.0. The molecule has 0 aliphatic heterocycles. The predicted octanol–water partition coefficient (Wildman–Crippen LogP) is 1.60. The van der Waals surface area contributed by atoms with Gasteiger partial charge >= 0.3 is 6.09 Å². The topological polar surface area (TPSA) is 184 Å². The smallest absolute Gasteiger partial charge is 0.407 e. The summed E-state index contributed by atoms with van der Waals surface area (Å²) >= 11 is 5.77. The number of guanidine groups is 1. The molecule has 8 N–H and O–H groups in total. The van der Waals surface area contributed by atoms with Crippen molar-refractivity contribution in [1.29, 1.82) is 0 Å². The molecule has 2 amide bonds. The number of amides is 2. The number of ether oxygens (including phenoxy) is 1. The second-order valence-corrected chi connectivity index (χ2v) is 8.11. The Balaban J connectivity index is 0.00000450. The Morgan fingerprint density at radius 2 is 1.73 bits per heavy atom. The Bertz CT molecular complexity index is 805. The second kappa shape index (κ2) is 10.5. The van der Waals surface area contributed by atoms with Gasteiger partial charge in [-0.05, 0) is 46.5 Å². The van der Waals surface area contributed by atoms with E-state index in [1.807, 2.05) is 20.8 Å². The molecule has 1 aliphatic rings. The molecule has 0 atom stereocenters. The van der Waals surface area contributed by atoms with Crippen LogP contribution in [0.3, 0.4) is 0 Å². The fourth-order valence-corrected chi connectivity index (χ4v) is 2.96. The molecule has 0 saturated heterocycles. The summed E-state index contributed by atoms with van der Waals surface area (Å²) in [5.41, 5.74) is 16.2. The van der Waals surface area contributed by atoms with Crippen LogP contribution < -0.4 is 27.8 Å². The van der Waals surface area contributed by atoms with Crippen molar-refractivity contribution in [3.05, 3.63) is 10.8 Å². The van der Waals surface area contributed by atoms with Crippen molar-refractivity contribution in [3.8, 4) is 0 Å². The third kappa shape index (κ3) is 7.71. The zero-order valence-corrected chi connectivity index (χ0v) is 18.6. The number of nitrogen functional groups attached to an aromatic ring is 2. The highest BCUT2D eigenvalue weighted by Crippen LogP contribution is 2.22. The largest absolute Gasteiger partial charge is 0.444 e. The predicted molar refractivity (Wildman–Crippen MR) is 118 cm³/mol. The molecule has 0 unspecified atom stereocenters. The Kier molecular flexibility index (Phi) is 8.91. The minimum absolute atomic E-state index is 0. The quantitative estimate of drug-likeness (QED) is 0.331. The van der Waals surface area contributed by atoms with Crippen molar-refractivity contribution in [2.24, 2.45) is 10.7 Å². The van der Waals surface area contributed by atoms with Gasteiger partial charge in [0.15, 0.2) is 28.4 Å². The lowest BCUT2D eigenvalue weighted by atomic mass is 9.92. The average Bonchev–Trinajstić information content (AvgIpc) is 2.58. The van der Waals surface area contributed by atoms with E-state index in [0.717, 1.165) is 12.8 Å². The molecule has 1 heterocycles. The minimum atomic E-state index is -0.682. The van der Waals surface area contributed by atoms with Crippen LogP contribution in [-0.4, -0.2) is 45.6 Å². The lowest BCUT2D eigenvalue weighted by molar-refractivity contribution is 0.0491. The monoisotopic (exact) mass is 462 g/mol. The van der Waals surface area contributed by atoms with Crippen LogP contribution in [0.15, 0.2) is 4.99 Å². The van der Waals surface area contributed by atoms with Crippen LogP contribution in [0, 0.1) is 0 Å². The molecule has 0 bridgehead atoms. The summed E-state index contributed by atoms with van der Waals surface area (Å²) in [6.07, 6.45) is 2.41. The summed E-state index contributed by atoms with van der Waals surface area (Å²) in [5, 5.41) is 5.14. The molecule has 11 nitrogen and oxygen atoms in total. The van der Waals surface area contributed by atoms with Crippen molar-refractivity contribution in [2.75, 3.05) is 11.5 Å². The van der Waals surface area contributed by atoms with Crippen LogP contribution in [0.1, 0.15) is 56.9 Å². The lowest BCUT2D eigenvalue weighted by Crippen LogP contribution is -2.42. The molecule has 168 valence electrons. The maximum absolute atomic E-state index is 12.3. The molecule has 0 radical (unpaired) electrons. The molecule has 1 aliphatic carbocycles. The highest BCUT2D eigenvalue weighted by atomic mass is 35.5. The highest BCUT2D eigenvalue weighted by Gasteiger charge is 2.25. The fraction of sp³-hybridized carbons (Fsp3) is 0.588. The molecule has 2 rings (SSSR count). The maximum atomic E-state index is 12.3.